The molecule has 1 aliphatic rings. The van der Waals surface area contributed by atoms with E-state index in [4.69, 9.17) is 16.7 Å². The van der Waals surface area contributed by atoms with Crippen LogP contribution in [-0.2, 0) is 11.3 Å². The molecule has 0 amide bonds. The molecule has 6 nitrogen and oxygen atoms in total. The third kappa shape index (κ3) is 3.92. The number of rotatable bonds is 6. The topological polar surface area (TPSA) is 83.7 Å². The minimum absolute atomic E-state index is 0.0594. The van der Waals surface area contributed by atoms with Crippen LogP contribution in [-0.4, -0.2) is 33.5 Å². The summed E-state index contributed by atoms with van der Waals surface area (Å²) in [6, 6.07) is 4.67. The number of halogens is 1. The Balaban J connectivity index is 2.27. The van der Waals surface area contributed by atoms with Crippen molar-refractivity contribution in [1.29, 1.82) is 0 Å². The first-order valence-electron chi connectivity index (χ1n) is 6.86. The molecule has 1 N–H and O–H groups in total. The van der Waals surface area contributed by atoms with Gasteiger partial charge in [-0.05, 0) is 18.9 Å². The summed E-state index contributed by atoms with van der Waals surface area (Å²) >= 11 is 6.08. The van der Waals surface area contributed by atoms with Gasteiger partial charge in [0.1, 0.15) is 0 Å². The van der Waals surface area contributed by atoms with Gasteiger partial charge in [-0.3, -0.25) is 19.8 Å². The Labute approximate surface area is 127 Å². The number of nitro groups is 1. The van der Waals surface area contributed by atoms with Crippen molar-refractivity contribution in [3.63, 3.8) is 0 Å². The van der Waals surface area contributed by atoms with Gasteiger partial charge in [-0.15, -0.1) is 0 Å². The first kappa shape index (κ1) is 15.7. The van der Waals surface area contributed by atoms with Gasteiger partial charge in [-0.25, -0.2) is 0 Å². The highest BCUT2D eigenvalue weighted by molar-refractivity contribution is 6.31. The van der Waals surface area contributed by atoms with Crippen LogP contribution >= 0.6 is 11.6 Å². The Morgan fingerprint density at radius 1 is 1.43 bits per heavy atom. The summed E-state index contributed by atoms with van der Waals surface area (Å²) in [7, 11) is 0. The fourth-order valence-electron chi connectivity index (χ4n) is 2.84. The molecule has 1 aromatic rings. The van der Waals surface area contributed by atoms with Gasteiger partial charge in [-0.1, -0.05) is 30.5 Å². The second-order valence-electron chi connectivity index (χ2n) is 5.23. The molecule has 0 spiro atoms. The SMILES string of the molecule is O=C(O)CN(Cc1c(Cl)cccc1[N+](=O)[O-])C1CCCC1. The van der Waals surface area contributed by atoms with E-state index in [0.717, 1.165) is 25.7 Å². The number of hydrogen-bond acceptors (Lipinski definition) is 4. The van der Waals surface area contributed by atoms with Crippen LogP contribution in [0, 0.1) is 10.1 Å². The van der Waals surface area contributed by atoms with Gasteiger partial charge in [0.15, 0.2) is 0 Å². The highest BCUT2D eigenvalue weighted by atomic mass is 35.5. The zero-order valence-electron chi connectivity index (χ0n) is 11.5. The van der Waals surface area contributed by atoms with E-state index in [1.54, 1.807) is 11.0 Å². The third-order valence-corrected chi connectivity index (χ3v) is 4.19. The Bertz CT molecular complexity index is 544. The molecule has 1 saturated carbocycles. The lowest BCUT2D eigenvalue weighted by molar-refractivity contribution is -0.385. The number of hydrogen-bond donors (Lipinski definition) is 1. The maximum absolute atomic E-state index is 11.1. The molecular formula is C14H17ClN2O4. The number of benzene rings is 1. The summed E-state index contributed by atoms with van der Waals surface area (Å²) in [5, 5.41) is 20.5. The number of aliphatic carboxylic acids is 1. The summed E-state index contributed by atoms with van der Waals surface area (Å²) in [6.07, 6.45) is 3.97. The van der Waals surface area contributed by atoms with E-state index in [-0.39, 0.29) is 24.8 Å². The molecule has 0 atom stereocenters. The van der Waals surface area contributed by atoms with Crippen LogP contribution in [0.1, 0.15) is 31.2 Å². The largest absolute Gasteiger partial charge is 0.480 e. The molecule has 7 heteroatoms. The van der Waals surface area contributed by atoms with Crippen molar-refractivity contribution in [3.05, 3.63) is 38.9 Å². The predicted molar refractivity (Wildman–Crippen MR) is 78.4 cm³/mol. The van der Waals surface area contributed by atoms with Crippen molar-refractivity contribution in [1.82, 2.24) is 4.90 Å². The van der Waals surface area contributed by atoms with E-state index >= 15 is 0 Å². The average molecular weight is 313 g/mol. The molecule has 0 heterocycles. The molecule has 0 bridgehead atoms. The van der Waals surface area contributed by atoms with E-state index in [1.807, 2.05) is 0 Å². The number of nitro benzene ring substituents is 1. The summed E-state index contributed by atoms with van der Waals surface area (Å²) in [5.41, 5.74) is 0.327. The summed E-state index contributed by atoms with van der Waals surface area (Å²) in [5.74, 6) is -0.934. The lowest BCUT2D eigenvalue weighted by Crippen LogP contribution is -2.37. The van der Waals surface area contributed by atoms with E-state index in [2.05, 4.69) is 0 Å². The Hall–Kier alpha value is -1.66. The van der Waals surface area contributed by atoms with Crippen molar-refractivity contribution < 1.29 is 14.8 Å². The molecule has 0 saturated heterocycles. The second-order valence-corrected chi connectivity index (χ2v) is 5.64. The van der Waals surface area contributed by atoms with Gasteiger partial charge in [0.05, 0.1) is 22.1 Å². The van der Waals surface area contributed by atoms with Crippen molar-refractivity contribution in [2.24, 2.45) is 0 Å². The minimum Gasteiger partial charge on any atom is -0.480 e. The maximum Gasteiger partial charge on any atom is 0.317 e. The number of carboxylic acid groups (broad SMARTS) is 1. The first-order chi connectivity index (χ1) is 9.99. The molecule has 1 aliphatic carbocycles. The van der Waals surface area contributed by atoms with E-state index in [1.165, 1.54) is 12.1 Å². The van der Waals surface area contributed by atoms with Gasteiger partial charge >= 0.3 is 5.97 Å². The normalized spacial score (nSPS) is 15.5. The van der Waals surface area contributed by atoms with E-state index in [9.17, 15) is 14.9 Å². The Morgan fingerprint density at radius 2 is 2.10 bits per heavy atom. The zero-order chi connectivity index (χ0) is 15.4. The average Bonchev–Trinajstić information content (AvgIpc) is 2.93. The van der Waals surface area contributed by atoms with Crippen molar-refractivity contribution >= 4 is 23.3 Å². The summed E-state index contributed by atoms with van der Waals surface area (Å²) in [6.45, 7) is 0.0556. The lowest BCUT2D eigenvalue weighted by atomic mass is 10.1. The van der Waals surface area contributed by atoms with E-state index < -0.39 is 10.9 Å². The van der Waals surface area contributed by atoms with Crippen LogP contribution in [0.15, 0.2) is 18.2 Å². The lowest BCUT2D eigenvalue weighted by Gasteiger charge is -2.27. The molecule has 114 valence electrons. The van der Waals surface area contributed by atoms with Crippen molar-refractivity contribution in [2.45, 2.75) is 38.3 Å². The van der Waals surface area contributed by atoms with Crippen LogP contribution < -0.4 is 0 Å². The first-order valence-corrected chi connectivity index (χ1v) is 7.24. The number of nitrogens with zero attached hydrogens (tertiary/aromatic N) is 2. The van der Waals surface area contributed by atoms with Gasteiger partial charge in [0, 0.05) is 18.7 Å². The van der Waals surface area contributed by atoms with Crippen molar-refractivity contribution in [2.75, 3.05) is 6.54 Å². The standard InChI is InChI=1S/C14H17ClN2O4/c15-12-6-3-7-13(17(20)21)11(12)8-16(9-14(18)19)10-4-1-2-5-10/h3,6-7,10H,1-2,4-5,8-9H2,(H,18,19). The quantitative estimate of drug-likeness (QED) is 0.644. The minimum atomic E-state index is -0.934. The number of carboxylic acids is 1. The van der Waals surface area contributed by atoms with Crippen molar-refractivity contribution in [3.8, 4) is 0 Å². The van der Waals surface area contributed by atoms with E-state index in [0.29, 0.717) is 10.6 Å². The summed E-state index contributed by atoms with van der Waals surface area (Å²) in [4.78, 5) is 23.5. The maximum atomic E-state index is 11.1. The molecule has 0 unspecified atom stereocenters. The van der Waals surface area contributed by atoms with Crippen LogP contribution in [0.3, 0.4) is 0 Å². The van der Waals surface area contributed by atoms with Crippen LogP contribution in [0.2, 0.25) is 5.02 Å². The van der Waals surface area contributed by atoms with Crippen LogP contribution in [0.5, 0.6) is 0 Å². The van der Waals surface area contributed by atoms with Gasteiger partial charge in [0.2, 0.25) is 0 Å². The van der Waals surface area contributed by atoms with Crippen LogP contribution in [0.4, 0.5) is 5.69 Å². The highest BCUT2D eigenvalue weighted by Gasteiger charge is 2.27. The smallest absolute Gasteiger partial charge is 0.317 e. The Morgan fingerprint density at radius 3 is 2.67 bits per heavy atom. The Kier molecular flexibility index (Phi) is 5.14. The highest BCUT2D eigenvalue weighted by Crippen LogP contribution is 2.31. The molecule has 2 rings (SSSR count). The van der Waals surface area contributed by atoms with Gasteiger partial charge < -0.3 is 5.11 Å². The molecule has 0 aromatic heterocycles. The molecule has 0 aliphatic heterocycles. The second kappa shape index (κ2) is 6.87. The molecule has 21 heavy (non-hydrogen) atoms. The van der Waals surface area contributed by atoms with Gasteiger partial charge in [-0.2, -0.15) is 0 Å². The molecule has 1 fully saturated rings. The molecular weight excluding hydrogens is 296 g/mol. The third-order valence-electron chi connectivity index (χ3n) is 3.83. The predicted octanol–water partition coefficient (Wildman–Crippen LogP) is 3.08. The molecule has 0 radical (unpaired) electrons. The number of carbonyl (C=O) groups is 1. The fraction of sp³-hybridized carbons (Fsp3) is 0.500. The van der Waals surface area contributed by atoms with Gasteiger partial charge in [0.25, 0.3) is 5.69 Å². The monoisotopic (exact) mass is 312 g/mol. The molecule has 1 aromatic carbocycles. The zero-order valence-corrected chi connectivity index (χ0v) is 12.3. The van der Waals surface area contributed by atoms with Crippen LogP contribution in [0.25, 0.3) is 0 Å². The fourth-order valence-corrected chi connectivity index (χ4v) is 3.06. The summed E-state index contributed by atoms with van der Waals surface area (Å²) < 4.78 is 0.